The molecule has 1 unspecified atom stereocenters. The first-order valence-corrected chi connectivity index (χ1v) is 13.6. The molecule has 12 heteroatoms. The summed E-state index contributed by atoms with van der Waals surface area (Å²) >= 11 is 0. The number of H-pyrrole nitrogens is 1. The zero-order valence-corrected chi connectivity index (χ0v) is 22.0. The molecule has 3 rings (SSSR count). The largest absolute Gasteiger partial charge is 0.493 e. The molecule has 0 radical (unpaired) electrons. The number of ether oxygens (including phenoxy) is 2. The van der Waals surface area contributed by atoms with Crippen LogP contribution in [0.5, 0.6) is 5.75 Å². The lowest BCUT2D eigenvalue weighted by Crippen LogP contribution is -2.37. The van der Waals surface area contributed by atoms with E-state index < -0.39 is 16.1 Å². The molecule has 2 heterocycles. The number of aromatic amines is 1. The van der Waals surface area contributed by atoms with Crippen molar-refractivity contribution in [1.29, 1.82) is 0 Å². The molecule has 1 aromatic carbocycles. The SMILES string of the molecule is CCCOc1ccc(S(=O)(=O)NC(CO)CCCOC)cc1-c1nc2c(CCC)nn(C)c2c(=O)[nH]1. The predicted octanol–water partition coefficient (Wildman–Crippen LogP) is 2.13. The van der Waals surface area contributed by atoms with Crippen molar-refractivity contribution in [3.8, 4) is 17.1 Å². The molecular formula is C24H35N5O6S. The van der Waals surface area contributed by atoms with Gasteiger partial charge in [-0.15, -0.1) is 0 Å². The second-order valence-electron chi connectivity index (χ2n) is 8.57. The number of aliphatic hydroxyl groups is 1. The highest BCUT2D eigenvalue weighted by molar-refractivity contribution is 7.89. The summed E-state index contributed by atoms with van der Waals surface area (Å²) in [6, 6.07) is 3.75. The summed E-state index contributed by atoms with van der Waals surface area (Å²) in [5.41, 5.74) is 1.50. The van der Waals surface area contributed by atoms with Crippen LogP contribution in [0.2, 0.25) is 0 Å². The Balaban J connectivity index is 2.09. The average Bonchev–Trinajstić information content (AvgIpc) is 3.17. The monoisotopic (exact) mass is 521 g/mol. The molecule has 0 aliphatic rings. The number of hydrogen-bond acceptors (Lipinski definition) is 8. The normalized spacial score (nSPS) is 12.8. The van der Waals surface area contributed by atoms with E-state index in [1.165, 1.54) is 16.8 Å². The van der Waals surface area contributed by atoms with Gasteiger partial charge in [-0.3, -0.25) is 9.48 Å². The number of benzene rings is 1. The quantitative estimate of drug-likeness (QED) is 0.273. The molecule has 3 N–H and O–H groups in total. The number of hydrogen-bond donors (Lipinski definition) is 3. The number of nitrogens with zero attached hydrogens (tertiary/aromatic N) is 3. The lowest BCUT2D eigenvalue weighted by Gasteiger charge is -2.17. The summed E-state index contributed by atoms with van der Waals surface area (Å²) < 4.78 is 41.3. The Bertz CT molecular complexity index is 1330. The maximum Gasteiger partial charge on any atom is 0.277 e. The Labute approximate surface area is 210 Å². The summed E-state index contributed by atoms with van der Waals surface area (Å²) in [6.07, 6.45) is 3.23. The van der Waals surface area contributed by atoms with E-state index in [2.05, 4.69) is 19.8 Å². The van der Waals surface area contributed by atoms with Gasteiger partial charge in [0.2, 0.25) is 10.0 Å². The van der Waals surface area contributed by atoms with Crippen molar-refractivity contribution in [1.82, 2.24) is 24.5 Å². The Morgan fingerprint density at radius 2 is 2.00 bits per heavy atom. The van der Waals surface area contributed by atoms with E-state index in [1.807, 2.05) is 13.8 Å². The molecule has 0 fully saturated rings. The zero-order valence-electron chi connectivity index (χ0n) is 21.2. The standard InChI is InChI=1S/C24H35N5O6S/c1-5-8-19-21-22(29(3)27-19)24(31)26-23(25-21)18-14-17(10-11-20(18)35-12-6-2)36(32,33)28-16(15-30)9-7-13-34-4/h10-11,14,16,28,30H,5-9,12-13,15H2,1-4H3,(H,25,26,31). The Morgan fingerprint density at radius 3 is 2.67 bits per heavy atom. The molecule has 36 heavy (non-hydrogen) atoms. The Kier molecular flexibility index (Phi) is 9.60. The smallest absolute Gasteiger partial charge is 0.277 e. The molecule has 3 aromatic rings. The molecule has 0 spiro atoms. The van der Waals surface area contributed by atoms with Crippen molar-refractivity contribution >= 4 is 21.1 Å². The summed E-state index contributed by atoms with van der Waals surface area (Å²) in [6.45, 7) is 4.49. The number of aliphatic hydroxyl groups excluding tert-OH is 1. The third-order valence-electron chi connectivity index (χ3n) is 5.67. The number of rotatable bonds is 14. The van der Waals surface area contributed by atoms with Gasteiger partial charge in [0.05, 0.1) is 29.4 Å². The first-order valence-electron chi connectivity index (χ1n) is 12.1. The summed E-state index contributed by atoms with van der Waals surface area (Å²) in [5.74, 6) is 0.595. The van der Waals surface area contributed by atoms with Crippen LogP contribution in [0, 0.1) is 0 Å². The van der Waals surface area contributed by atoms with Crippen LogP contribution in [0.25, 0.3) is 22.4 Å². The highest BCUT2D eigenvalue weighted by Gasteiger charge is 2.23. The van der Waals surface area contributed by atoms with Gasteiger partial charge in [0.25, 0.3) is 5.56 Å². The minimum atomic E-state index is -3.98. The van der Waals surface area contributed by atoms with Crippen molar-refractivity contribution in [3.05, 3.63) is 34.2 Å². The molecular weight excluding hydrogens is 486 g/mol. The van der Waals surface area contributed by atoms with Gasteiger partial charge in [0.1, 0.15) is 17.1 Å². The number of fused-ring (bicyclic) bond motifs is 1. The minimum absolute atomic E-state index is 0.0331. The van der Waals surface area contributed by atoms with Gasteiger partial charge >= 0.3 is 0 Å². The molecule has 0 bridgehead atoms. The van der Waals surface area contributed by atoms with Crippen molar-refractivity contribution in [3.63, 3.8) is 0 Å². The summed E-state index contributed by atoms with van der Waals surface area (Å²) in [4.78, 5) is 20.4. The molecule has 0 aliphatic carbocycles. The number of aromatic nitrogens is 4. The number of sulfonamides is 1. The van der Waals surface area contributed by atoms with E-state index in [1.54, 1.807) is 20.2 Å². The number of aryl methyl sites for hydroxylation is 2. The molecule has 11 nitrogen and oxygen atoms in total. The van der Waals surface area contributed by atoms with Crippen LogP contribution in [-0.4, -0.2) is 66.2 Å². The molecule has 0 aliphatic heterocycles. The fraction of sp³-hybridized carbons (Fsp3) is 0.542. The Morgan fingerprint density at radius 1 is 1.22 bits per heavy atom. The van der Waals surface area contributed by atoms with Gasteiger partial charge in [-0.2, -0.15) is 5.10 Å². The number of nitrogens with one attached hydrogen (secondary N) is 2. The van der Waals surface area contributed by atoms with Gasteiger partial charge in [0, 0.05) is 26.8 Å². The lowest BCUT2D eigenvalue weighted by molar-refractivity contribution is 0.181. The van der Waals surface area contributed by atoms with Gasteiger partial charge in [-0.1, -0.05) is 20.3 Å². The van der Waals surface area contributed by atoms with Crippen LogP contribution < -0.4 is 15.0 Å². The second kappa shape index (κ2) is 12.4. The fourth-order valence-corrected chi connectivity index (χ4v) is 5.22. The molecule has 198 valence electrons. The third kappa shape index (κ3) is 6.30. The third-order valence-corrected chi connectivity index (χ3v) is 7.19. The van der Waals surface area contributed by atoms with E-state index in [0.717, 1.165) is 12.8 Å². The van der Waals surface area contributed by atoms with Crippen LogP contribution in [0.3, 0.4) is 0 Å². The highest BCUT2D eigenvalue weighted by Crippen LogP contribution is 2.31. The van der Waals surface area contributed by atoms with Crippen molar-refractivity contribution < 1.29 is 23.0 Å². The fourth-order valence-electron chi connectivity index (χ4n) is 3.93. The van der Waals surface area contributed by atoms with E-state index >= 15 is 0 Å². The molecule has 0 saturated heterocycles. The van der Waals surface area contributed by atoms with Gasteiger partial charge in [-0.25, -0.2) is 18.1 Å². The van der Waals surface area contributed by atoms with Crippen LogP contribution in [0.1, 0.15) is 45.2 Å². The maximum absolute atomic E-state index is 13.2. The lowest BCUT2D eigenvalue weighted by atomic mass is 10.1. The summed E-state index contributed by atoms with van der Waals surface area (Å²) in [5, 5.41) is 14.1. The molecule has 1 atom stereocenters. The van der Waals surface area contributed by atoms with Crippen LogP contribution in [-0.2, 0) is 28.2 Å². The minimum Gasteiger partial charge on any atom is -0.493 e. The van der Waals surface area contributed by atoms with E-state index in [0.29, 0.717) is 60.5 Å². The summed E-state index contributed by atoms with van der Waals surface area (Å²) in [7, 11) is -0.729. The first-order chi connectivity index (χ1) is 17.2. The topological polar surface area (TPSA) is 148 Å². The van der Waals surface area contributed by atoms with Crippen LogP contribution >= 0.6 is 0 Å². The van der Waals surface area contributed by atoms with E-state index in [9.17, 15) is 18.3 Å². The average molecular weight is 522 g/mol. The second-order valence-corrected chi connectivity index (χ2v) is 10.3. The van der Waals surface area contributed by atoms with E-state index in [4.69, 9.17) is 9.47 Å². The van der Waals surface area contributed by atoms with Crippen LogP contribution in [0.15, 0.2) is 27.9 Å². The predicted molar refractivity (Wildman–Crippen MR) is 137 cm³/mol. The maximum atomic E-state index is 13.2. The van der Waals surface area contributed by atoms with Crippen molar-refractivity contribution in [2.45, 2.75) is 56.9 Å². The van der Waals surface area contributed by atoms with Crippen molar-refractivity contribution in [2.24, 2.45) is 7.05 Å². The van der Waals surface area contributed by atoms with Gasteiger partial charge < -0.3 is 19.6 Å². The zero-order chi connectivity index (χ0) is 26.3. The highest BCUT2D eigenvalue weighted by atomic mass is 32.2. The first kappa shape index (κ1) is 27.8. The Hall–Kier alpha value is -2.80. The van der Waals surface area contributed by atoms with E-state index in [-0.39, 0.29) is 22.9 Å². The van der Waals surface area contributed by atoms with Gasteiger partial charge in [0.15, 0.2) is 5.52 Å². The van der Waals surface area contributed by atoms with Gasteiger partial charge in [-0.05, 0) is 43.9 Å². The molecule has 0 amide bonds. The molecule has 0 saturated carbocycles. The van der Waals surface area contributed by atoms with Crippen molar-refractivity contribution in [2.75, 3.05) is 26.9 Å². The molecule has 2 aromatic heterocycles. The van der Waals surface area contributed by atoms with Crippen LogP contribution in [0.4, 0.5) is 0 Å². The number of methoxy groups -OCH3 is 1.